The molecular formula is C15H19N3O. The van der Waals surface area contributed by atoms with Gasteiger partial charge in [-0.05, 0) is 37.8 Å². The van der Waals surface area contributed by atoms with Crippen molar-refractivity contribution in [2.45, 2.75) is 32.6 Å². The van der Waals surface area contributed by atoms with Gasteiger partial charge in [0.1, 0.15) is 5.65 Å². The van der Waals surface area contributed by atoms with Crippen LogP contribution in [0.4, 0.5) is 0 Å². The predicted molar refractivity (Wildman–Crippen MR) is 74.0 cm³/mol. The summed E-state index contributed by atoms with van der Waals surface area (Å²) in [5, 5.41) is 3.03. The van der Waals surface area contributed by atoms with Crippen molar-refractivity contribution in [3.8, 4) is 0 Å². The lowest BCUT2D eigenvalue weighted by Crippen LogP contribution is -2.33. The minimum Gasteiger partial charge on any atom is -0.355 e. The number of pyridine rings is 1. The van der Waals surface area contributed by atoms with Crippen LogP contribution in [0.15, 0.2) is 24.4 Å². The van der Waals surface area contributed by atoms with Gasteiger partial charge in [0.05, 0.1) is 17.8 Å². The first-order valence-electron chi connectivity index (χ1n) is 6.93. The molecule has 100 valence electrons. The third-order valence-electron chi connectivity index (χ3n) is 3.97. The fraction of sp³-hybridized carbons (Fsp3) is 0.467. The van der Waals surface area contributed by atoms with E-state index in [4.69, 9.17) is 0 Å². The maximum Gasteiger partial charge on any atom is 0.226 e. The summed E-state index contributed by atoms with van der Waals surface area (Å²) in [6, 6.07) is 5.88. The van der Waals surface area contributed by atoms with Gasteiger partial charge in [0.15, 0.2) is 0 Å². The van der Waals surface area contributed by atoms with Gasteiger partial charge in [-0.1, -0.05) is 12.5 Å². The van der Waals surface area contributed by atoms with Gasteiger partial charge < -0.3 is 9.72 Å². The van der Waals surface area contributed by atoms with E-state index in [2.05, 4.69) is 10.3 Å². The molecule has 1 saturated carbocycles. The Bertz CT molecular complexity index is 598. The van der Waals surface area contributed by atoms with Crippen LogP contribution >= 0.6 is 0 Å². The van der Waals surface area contributed by atoms with E-state index in [0.717, 1.165) is 23.6 Å². The van der Waals surface area contributed by atoms with Crippen molar-refractivity contribution >= 4 is 11.6 Å². The lowest BCUT2D eigenvalue weighted by Gasteiger charge is -2.25. The number of amides is 1. The van der Waals surface area contributed by atoms with Crippen molar-refractivity contribution in [2.24, 2.45) is 5.92 Å². The number of fused-ring (bicyclic) bond motifs is 1. The molecule has 0 radical (unpaired) electrons. The van der Waals surface area contributed by atoms with E-state index >= 15 is 0 Å². The maximum absolute atomic E-state index is 12.0. The zero-order chi connectivity index (χ0) is 13.2. The van der Waals surface area contributed by atoms with Crippen LogP contribution in [0.1, 0.15) is 30.7 Å². The topological polar surface area (TPSA) is 46.4 Å². The third-order valence-corrected chi connectivity index (χ3v) is 3.97. The van der Waals surface area contributed by atoms with E-state index in [0.29, 0.717) is 12.3 Å². The van der Waals surface area contributed by atoms with Gasteiger partial charge in [-0.2, -0.15) is 0 Å². The van der Waals surface area contributed by atoms with Crippen LogP contribution in [0, 0.1) is 12.8 Å². The van der Waals surface area contributed by atoms with Crippen molar-refractivity contribution in [3.63, 3.8) is 0 Å². The number of carbonyl (C=O) groups excluding carboxylic acids is 1. The molecule has 3 rings (SSSR count). The first kappa shape index (κ1) is 12.2. The van der Waals surface area contributed by atoms with E-state index < -0.39 is 0 Å². The fourth-order valence-corrected chi connectivity index (χ4v) is 2.55. The second kappa shape index (κ2) is 5.03. The molecule has 2 aromatic heterocycles. The lowest BCUT2D eigenvalue weighted by molar-refractivity contribution is -0.120. The van der Waals surface area contributed by atoms with Gasteiger partial charge in [-0.25, -0.2) is 4.98 Å². The molecule has 1 amide bonds. The number of nitrogens with zero attached hydrogens (tertiary/aromatic N) is 2. The molecule has 0 unspecified atom stereocenters. The first-order valence-corrected chi connectivity index (χ1v) is 6.93. The quantitative estimate of drug-likeness (QED) is 0.911. The van der Waals surface area contributed by atoms with Crippen LogP contribution in [-0.4, -0.2) is 21.8 Å². The molecule has 19 heavy (non-hydrogen) atoms. The highest BCUT2D eigenvalue weighted by molar-refractivity contribution is 5.78. The van der Waals surface area contributed by atoms with Crippen molar-refractivity contribution < 1.29 is 4.79 Å². The summed E-state index contributed by atoms with van der Waals surface area (Å²) >= 11 is 0. The van der Waals surface area contributed by atoms with Crippen molar-refractivity contribution in [1.82, 2.24) is 14.7 Å². The molecule has 1 fully saturated rings. The van der Waals surface area contributed by atoms with E-state index in [-0.39, 0.29) is 5.91 Å². The fourth-order valence-electron chi connectivity index (χ4n) is 2.55. The van der Waals surface area contributed by atoms with Crippen molar-refractivity contribution in [2.75, 3.05) is 6.54 Å². The zero-order valence-electron chi connectivity index (χ0n) is 11.2. The minimum absolute atomic E-state index is 0.0978. The maximum atomic E-state index is 12.0. The minimum atomic E-state index is 0.0978. The van der Waals surface area contributed by atoms with E-state index in [1.807, 2.05) is 35.7 Å². The molecular weight excluding hydrogens is 238 g/mol. The molecule has 0 bridgehead atoms. The monoisotopic (exact) mass is 257 g/mol. The van der Waals surface area contributed by atoms with Crippen molar-refractivity contribution in [1.29, 1.82) is 0 Å². The second-order valence-electron chi connectivity index (χ2n) is 5.35. The molecule has 4 nitrogen and oxygen atoms in total. The highest BCUT2D eigenvalue weighted by atomic mass is 16.1. The smallest absolute Gasteiger partial charge is 0.226 e. The van der Waals surface area contributed by atoms with Crippen LogP contribution in [0.5, 0.6) is 0 Å². The average molecular weight is 257 g/mol. The third kappa shape index (κ3) is 2.48. The number of aromatic nitrogens is 2. The Morgan fingerprint density at radius 2 is 2.32 bits per heavy atom. The number of hydrogen-bond donors (Lipinski definition) is 1. The molecule has 2 aromatic rings. The summed E-state index contributed by atoms with van der Waals surface area (Å²) in [4.78, 5) is 16.5. The zero-order valence-corrected chi connectivity index (χ0v) is 11.2. The number of rotatable bonds is 4. The van der Waals surface area contributed by atoms with Gasteiger partial charge in [-0.15, -0.1) is 0 Å². The summed E-state index contributed by atoms with van der Waals surface area (Å²) in [6.45, 7) is 2.79. The second-order valence-corrected chi connectivity index (χ2v) is 5.35. The number of nitrogens with one attached hydrogen (secondary N) is 1. The van der Waals surface area contributed by atoms with Gasteiger partial charge in [-0.3, -0.25) is 4.79 Å². The number of carbonyl (C=O) groups is 1. The van der Waals surface area contributed by atoms with E-state index in [9.17, 15) is 4.79 Å². The Labute approximate surface area is 112 Å². The Hall–Kier alpha value is -1.84. The molecule has 0 aromatic carbocycles. The first-order chi connectivity index (χ1) is 9.24. The summed E-state index contributed by atoms with van der Waals surface area (Å²) in [5.41, 5.74) is 2.83. The highest BCUT2D eigenvalue weighted by Crippen LogP contribution is 2.25. The summed E-state index contributed by atoms with van der Waals surface area (Å²) in [6.07, 6.45) is 6.20. The normalized spacial score (nSPS) is 15.4. The number of hydrogen-bond acceptors (Lipinski definition) is 2. The molecule has 0 aliphatic heterocycles. The van der Waals surface area contributed by atoms with E-state index in [1.165, 1.54) is 19.3 Å². The molecule has 4 heteroatoms. The Balaban J connectivity index is 1.69. The van der Waals surface area contributed by atoms with E-state index in [1.54, 1.807) is 0 Å². The van der Waals surface area contributed by atoms with Crippen LogP contribution < -0.4 is 5.32 Å². The largest absolute Gasteiger partial charge is 0.355 e. The molecule has 0 atom stereocenters. The Morgan fingerprint density at radius 3 is 3.05 bits per heavy atom. The number of aryl methyl sites for hydroxylation is 1. The molecule has 0 saturated heterocycles. The SMILES string of the molecule is Cc1nc2ccccn2c1CC(=O)NCC1CCC1. The Morgan fingerprint density at radius 1 is 1.47 bits per heavy atom. The van der Waals surface area contributed by atoms with Crippen LogP contribution in [0.2, 0.25) is 0 Å². The molecule has 1 N–H and O–H groups in total. The van der Waals surface area contributed by atoms with Crippen LogP contribution in [-0.2, 0) is 11.2 Å². The van der Waals surface area contributed by atoms with Crippen molar-refractivity contribution in [3.05, 3.63) is 35.8 Å². The van der Waals surface area contributed by atoms with Gasteiger partial charge in [0.25, 0.3) is 0 Å². The predicted octanol–water partition coefficient (Wildman–Crippen LogP) is 2.10. The molecule has 0 spiro atoms. The average Bonchev–Trinajstić information content (AvgIpc) is 2.64. The Kier molecular flexibility index (Phi) is 3.23. The van der Waals surface area contributed by atoms with Gasteiger partial charge in [0.2, 0.25) is 5.91 Å². The summed E-state index contributed by atoms with van der Waals surface area (Å²) in [7, 11) is 0. The number of imidazole rings is 1. The molecule has 1 aliphatic carbocycles. The highest BCUT2D eigenvalue weighted by Gasteiger charge is 2.18. The van der Waals surface area contributed by atoms with Gasteiger partial charge in [0, 0.05) is 12.7 Å². The van der Waals surface area contributed by atoms with Gasteiger partial charge >= 0.3 is 0 Å². The molecule has 1 aliphatic rings. The summed E-state index contributed by atoms with van der Waals surface area (Å²) in [5.74, 6) is 0.799. The lowest BCUT2D eigenvalue weighted by atomic mass is 9.85. The standard InChI is InChI=1S/C15H19N3O/c1-11-13(18-8-3-2-7-14(18)17-11)9-15(19)16-10-12-5-4-6-12/h2-3,7-8,12H,4-6,9-10H2,1H3,(H,16,19). The molecule has 2 heterocycles. The van der Waals surface area contributed by atoms with Crippen LogP contribution in [0.25, 0.3) is 5.65 Å². The van der Waals surface area contributed by atoms with Crippen LogP contribution in [0.3, 0.4) is 0 Å². The summed E-state index contributed by atoms with van der Waals surface area (Å²) < 4.78 is 2.00.